The summed E-state index contributed by atoms with van der Waals surface area (Å²) in [5.74, 6) is 0.740. The summed E-state index contributed by atoms with van der Waals surface area (Å²) in [7, 11) is 0. The third-order valence-electron chi connectivity index (χ3n) is 4.64. The van der Waals surface area contributed by atoms with Gasteiger partial charge in [-0.25, -0.2) is 0 Å². The highest BCUT2D eigenvalue weighted by molar-refractivity contribution is 7.99. The monoisotopic (exact) mass is 449 g/mol. The van der Waals surface area contributed by atoms with Crippen molar-refractivity contribution < 1.29 is 4.79 Å². The van der Waals surface area contributed by atoms with Gasteiger partial charge in [0.25, 0.3) is 0 Å². The Hall–Kier alpha value is -3.16. The third kappa shape index (κ3) is 4.95. The predicted molar refractivity (Wildman–Crippen MR) is 125 cm³/mol. The van der Waals surface area contributed by atoms with Crippen LogP contribution in [0.4, 0.5) is 5.69 Å². The van der Waals surface area contributed by atoms with E-state index in [9.17, 15) is 4.79 Å². The Kier molecular flexibility index (Phi) is 6.34. The molecule has 4 aromatic rings. The molecule has 4 rings (SSSR count). The fourth-order valence-corrected chi connectivity index (χ4v) is 4.03. The molecule has 0 aliphatic heterocycles. The lowest BCUT2D eigenvalue weighted by Crippen LogP contribution is -2.15. The Balaban J connectivity index is 1.58. The number of pyridine rings is 1. The molecule has 0 atom stereocenters. The van der Waals surface area contributed by atoms with Crippen molar-refractivity contribution in [1.82, 2.24) is 19.7 Å². The highest BCUT2D eigenvalue weighted by atomic mass is 35.5. The summed E-state index contributed by atoms with van der Waals surface area (Å²) in [6.45, 7) is 3.94. The van der Waals surface area contributed by atoms with Gasteiger partial charge >= 0.3 is 0 Å². The number of hydrogen-bond donors (Lipinski definition) is 1. The van der Waals surface area contributed by atoms with Crippen LogP contribution >= 0.6 is 23.4 Å². The quantitative estimate of drug-likeness (QED) is 0.403. The van der Waals surface area contributed by atoms with Crippen molar-refractivity contribution in [3.05, 3.63) is 83.1 Å². The number of benzene rings is 2. The molecule has 0 fully saturated rings. The Labute approximate surface area is 189 Å². The lowest BCUT2D eigenvalue weighted by Gasteiger charge is -2.11. The molecule has 156 valence electrons. The van der Waals surface area contributed by atoms with Crippen molar-refractivity contribution >= 4 is 35.0 Å². The minimum Gasteiger partial charge on any atom is -0.325 e. The maximum atomic E-state index is 12.6. The summed E-state index contributed by atoms with van der Waals surface area (Å²) >= 11 is 7.32. The first-order valence-electron chi connectivity index (χ1n) is 9.63. The first-order valence-corrected chi connectivity index (χ1v) is 11.0. The van der Waals surface area contributed by atoms with Crippen LogP contribution in [-0.4, -0.2) is 31.4 Å². The van der Waals surface area contributed by atoms with Gasteiger partial charge in [-0.1, -0.05) is 41.1 Å². The maximum Gasteiger partial charge on any atom is 0.234 e. The molecule has 6 nitrogen and oxygen atoms in total. The van der Waals surface area contributed by atoms with E-state index < -0.39 is 0 Å². The first-order chi connectivity index (χ1) is 15.0. The van der Waals surface area contributed by atoms with E-state index in [1.807, 2.05) is 60.9 Å². The highest BCUT2D eigenvalue weighted by Gasteiger charge is 2.17. The molecule has 1 N–H and O–H groups in total. The van der Waals surface area contributed by atoms with E-state index in [-0.39, 0.29) is 11.7 Å². The third-order valence-corrected chi connectivity index (χ3v) is 5.80. The number of amides is 1. The Morgan fingerprint density at radius 2 is 1.90 bits per heavy atom. The molecule has 1 amide bonds. The van der Waals surface area contributed by atoms with E-state index in [4.69, 9.17) is 11.6 Å². The van der Waals surface area contributed by atoms with Crippen LogP contribution in [0.5, 0.6) is 0 Å². The van der Waals surface area contributed by atoms with Crippen molar-refractivity contribution in [2.45, 2.75) is 19.0 Å². The zero-order chi connectivity index (χ0) is 21.8. The van der Waals surface area contributed by atoms with Gasteiger partial charge in [0, 0.05) is 34.4 Å². The number of hydrogen-bond acceptors (Lipinski definition) is 5. The second-order valence-corrected chi connectivity index (χ2v) is 8.39. The molecular formula is C23H20ClN5OS. The number of halogens is 1. The molecule has 0 saturated heterocycles. The number of aromatic nitrogens is 4. The van der Waals surface area contributed by atoms with E-state index in [1.54, 1.807) is 24.5 Å². The van der Waals surface area contributed by atoms with Crippen LogP contribution in [0.2, 0.25) is 5.02 Å². The average Bonchev–Trinajstić information content (AvgIpc) is 3.19. The standard InChI is InChI=1S/C23H20ClN5OS/c1-15-5-8-19(9-6-15)29-22(17-4-3-11-25-13-17)27-28-23(29)31-14-21(30)26-20-10-7-18(24)12-16(20)2/h3-13H,14H2,1-2H3,(H,26,30). The van der Waals surface area contributed by atoms with Gasteiger partial charge in [0.2, 0.25) is 5.91 Å². The van der Waals surface area contributed by atoms with Gasteiger partial charge in [0.15, 0.2) is 11.0 Å². The average molecular weight is 450 g/mol. The number of carbonyl (C=O) groups excluding carboxylic acids is 1. The van der Waals surface area contributed by atoms with Crippen LogP contribution in [0.3, 0.4) is 0 Å². The van der Waals surface area contributed by atoms with E-state index in [0.717, 1.165) is 28.1 Å². The number of aryl methyl sites for hydroxylation is 2. The minimum atomic E-state index is -0.128. The van der Waals surface area contributed by atoms with E-state index in [2.05, 4.69) is 20.5 Å². The molecule has 0 bridgehead atoms. The lowest BCUT2D eigenvalue weighted by molar-refractivity contribution is -0.113. The largest absolute Gasteiger partial charge is 0.325 e. The van der Waals surface area contributed by atoms with Gasteiger partial charge in [-0.15, -0.1) is 10.2 Å². The molecule has 31 heavy (non-hydrogen) atoms. The van der Waals surface area contributed by atoms with Crippen LogP contribution in [-0.2, 0) is 4.79 Å². The highest BCUT2D eigenvalue weighted by Crippen LogP contribution is 2.28. The molecule has 2 aromatic carbocycles. The number of carbonyl (C=O) groups is 1. The molecule has 0 aliphatic rings. The summed E-state index contributed by atoms with van der Waals surface area (Å²) in [6, 6.07) is 17.3. The molecule has 0 aliphatic carbocycles. The van der Waals surface area contributed by atoms with E-state index in [0.29, 0.717) is 16.0 Å². The van der Waals surface area contributed by atoms with Crippen LogP contribution in [0.25, 0.3) is 17.1 Å². The van der Waals surface area contributed by atoms with Gasteiger partial charge in [-0.2, -0.15) is 0 Å². The Morgan fingerprint density at radius 1 is 1.10 bits per heavy atom. The summed E-state index contributed by atoms with van der Waals surface area (Å²) in [4.78, 5) is 16.8. The number of nitrogens with one attached hydrogen (secondary N) is 1. The second-order valence-electron chi connectivity index (χ2n) is 7.01. The smallest absolute Gasteiger partial charge is 0.234 e. The summed E-state index contributed by atoms with van der Waals surface area (Å²) < 4.78 is 1.95. The topological polar surface area (TPSA) is 72.7 Å². The zero-order valence-electron chi connectivity index (χ0n) is 17.0. The van der Waals surface area contributed by atoms with Crippen LogP contribution < -0.4 is 5.32 Å². The van der Waals surface area contributed by atoms with Gasteiger partial charge < -0.3 is 5.32 Å². The van der Waals surface area contributed by atoms with Gasteiger partial charge in [-0.3, -0.25) is 14.3 Å². The van der Waals surface area contributed by atoms with Crippen LogP contribution in [0, 0.1) is 13.8 Å². The summed E-state index contributed by atoms with van der Waals surface area (Å²) in [6.07, 6.45) is 3.47. The van der Waals surface area contributed by atoms with Crippen molar-refractivity contribution in [3.63, 3.8) is 0 Å². The number of rotatable bonds is 6. The second kappa shape index (κ2) is 9.32. The molecule has 8 heteroatoms. The molecule has 0 unspecified atom stereocenters. The molecule has 2 heterocycles. The van der Waals surface area contributed by atoms with Crippen LogP contribution in [0.1, 0.15) is 11.1 Å². The number of nitrogens with zero attached hydrogens (tertiary/aromatic N) is 4. The molecule has 0 saturated carbocycles. The Morgan fingerprint density at radius 3 is 2.61 bits per heavy atom. The van der Waals surface area contributed by atoms with Crippen molar-refractivity contribution in [2.75, 3.05) is 11.1 Å². The number of thioether (sulfide) groups is 1. The van der Waals surface area contributed by atoms with Crippen molar-refractivity contribution in [3.8, 4) is 17.1 Å². The summed E-state index contributed by atoms with van der Waals surface area (Å²) in [5.41, 5.74) is 4.58. The first kappa shape index (κ1) is 21.1. The normalized spacial score (nSPS) is 10.8. The molecule has 0 radical (unpaired) electrons. The maximum absolute atomic E-state index is 12.6. The summed E-state index contributed by atoms with van der Waals surface area (Å²) in [5, 5.41) is 12.9. The predicted octanol–water partition coefficient (Wildman–Crippen LogP) is 5.33. The zero-order valence-corrected chi connectivity index (χ0v) is 18.6. The molecular weight excluding hydrogens is 430 g/mol. The van der Waals surface area contributed by atoms with Gasteiger partial charge in [-0.05, 0) is 61.9 Å². The minimum absolute atomic E-state index is 0.128. The lowest BCUT2D eigenvalue weighted by atomic mass is 10.2. The fourth-order valence-electron chi connectivity index (χ4n) is 3.06. The van der Waals surface area contributed by atoms with Crippen molar-refractivity contribution in [1.29, 1.82) is 0 Å². The number of anilines is 1. The SMILES string of the molecule is Cc1ccc(-n2c(SCC(=O)Nc3ccc(Cl)cc3C)nnc2-c2cccnc2)cc1. The van der Waals surface area contributed by atoms with E-state index in [1.165, 1.54) is 11.8 Å². The van der Waals surface area contributed by atoms with Gasteiger partial charge in [0.1, 0.15) is 0 Å². The molecule has 0 spiro atoms. The van der Waals surface area contributed by atoms with Crippen molar-refractivity contribution in [2.24, 2.45) is 0 Å². The Bertz CT molecular complexity index is 1210. The van der Waals surface area contributed by atoms with Crippen LogP contribution in [0.15, 0.2) is 72.1 Å². The fraction of sp³-hybridized carbons (Fsp3) is 0.130. The van der Waals surface area contributed by atoms with Gasteiger partial charge in [0.05, 0.1) is 5.75 Å². The van der Waals surface area contributed by atoms with E-state index >= 15 is 0 Å². The molecule has 2 aromatic heterocycles.